The molecule has 0 radical (unpaired) electrons. The summed E-state index contributed by atoms with van der Waals surface area (Å²) in [4.78, 5) is 9.30. The average Bonchev–Trinajstić information content (AvgIpc) is 3.65. The van der Waals surface area contributed by atoms with Gasteiger partial charge in [0.25, 0.3) is 0 Å². The number of aromatic nitrogens is 4. The fourth-order valence-electron chi connectivity index (χ4n) is 4.40. The first-order valence-electron chi connectivity index (χ1n) is 13.3. The molecule has 2 N–H and O–H groups in total. The van der Waals surface area contributed by atoms with E-state index in [9.17, 15) is 0 Å². The number of ether oxygens (including phenoxy) is 3. The van der Waals surface area contributed by atoms with Gasteiger partial charge in [-0.2, -0.15) is 0 Å². The molecule has 0 saturated heterocycles. The second-order valence-electron chi connectivity index (χ2n) is 9.17. The van der Waals surface area contributed by atoms with Crippen molar-refractivity contribution in [2.75, 3.05) is 45.6 Å². The number of rotatable bonds is 8. The minimum Gasteiger partial charge on any atom is -0.497 e. The van der Waals surface area contributed by atoms with Crippen LogP contribution in [0.25, 0.3) is 33.8 Å². The van der Waals surface area contributed by atoms with Crippen LogP contribution in [-0.4, -0.2) is 53.7 Å². The van der Waals surface area contributed by atoms with Crippen LogP contribution < -0.4 is 24.8 Å². The molecule has 0 unspecified atom stereocenters. The van der Waals surface area contributed by atoms with E-state index in [0.717, 1.165) is 62.4 Å². The van der Waals surface area contributed by atoms with Crippen molar-refractivity contribution in [3.05, 3.63) is 91.5 Å². The highest BCUT2D eigenvalue weighted by Crippen LogP contribution is 2.30. The number of methoxy groups -OCH3 is 2. The average molecular weight is 551 g/mol. The van der Waals surface area contributed by atoms with Crippen LogP contribution in [-0.2, 0) is 0 Å². The molecule has 2 aromatic carbocycles. The minimum atomic E-state index is 0.681. The zero-order chi connectivity index (χ0) is 28.8. The first-order chi connectivity index (χ1) is 20.0. The number of pyridine rings is 2. The Morgan fingerprint density at radius 1 is 0.634 bits per heavy atom. The summed E-state index contributed by atoms with van der Waals surface area (Å²) in [6.07, 6.45) is 8.01. The summed E-state index contributed by atoms with van der Waals surface area (Å²) in [7, 11) is 7.08. The molecule has 0 bridgehead atoms. The van der Waals surface area contributed by atoms with Crippen molar-refractivity contribution in [3.8, 4) is 39.8 Å². The summed E-state index contributed by atoms with van der Waals surface area (Å²) in [5, 5.41) is 6.23. The molecule has 6 rings (SSSR count). The number of nitrogens with one attached hydrogen (secondary N) is 2. The van der Waals surface area contributed by atoms with Crippen LogP contribution in [0.5, 0.6) is 17.2 Å². The number of nitrogens with zero attached hydrogens (tertiary/aromatic N) is 4. The van der Waals surface area contributed by atoms with E-state index in [1.807, 2.05) is 121 Å². The summed E-state index contributed by atoms with van der Waals surface area (Å²) >= 11 is 0. The SMILES string of the molecule is CCOc1ccc(-c2cn3ccc(NC)cc3n2)cc1.CNc1ccn2cc(-c3cc(OC)cc(OC)c3)nc2c1. The van der Waals surface area contributed by atoms with Gasteiger partial charge in [0.2, 0.25) is 0 Å². The summed E-state index contributed by atoms with van der Waals surface area (Å²) in [5.74, 6) is 2.38. The Morgan fingerprint density at radius 2 is 1.15 bits per heavy atom. The van der Waals surface area contributed by atoms with Crippen LogP contribution in [0.4, 0.5) is 11.4 Å². The maximum Gasteiger partial charge on any atom is 0.139 e. The number of anilines is 2. The molecule has 9 heteroatoms. The van der Waals surface area contributed by atoms with Crippen LogP contribution in [0.15, 0.2) is 91.5 Å². The Kier molecular flexibility index (Phi) is 8.24. The second-order valence-corrected chi connectivity index (χ2v) is 9.17. The molecular weight excluding hydrogens is 516 g/mol. The zero-order valence-electron chi connectivity index (χ0n) is 23.9. The van der Waals surface area contributed by atoms with Crippen molar-refractivity contribution in [2.24, 2.45) is 0 Å². The molecule has 4 aromatic heterocycles. The third-order valence-electron chi connectivity index (χ3n) is 6.61. The lowest BCUT2D eigenvalue weighted by Crippen LogP contribution is -1.90. The van der Waals surface area contributed by atoms with E-state index in [0.29, 0.717) is 6.61 Å². The molecule has 0 amide bonds. The predicted molar refractivity (Wildman–Crippen MR) is 165 cm³/mol. The molecule has 4 heterocycles. The van der Waals surface area contributed by atoms with Gasteiger partial charge in [-0.05, 0) is 55.5 Å². The van der Waals surface area contributed by atoms with Gasteiger partial charge in [0, 0.05) is 79.6 Å². The van der Waals surface area contributed by atoms with Gasteiger partial charge in [-0.15, -0.1) is 0 Å². The lowest BCUT2D eigenvalue weighted by molar-refractivity contribution is 0.340. The van der Waals surface area contributed by atoms with E-state index in [2.05, 4.69) is 20.6 Å². The number of imidazole rings is 2. The number of benzene rings is 2. The molecule has 0 aliphatic rings. The van der Waals surface area contributed by atoms with E-state index in [4.69, 9.17) is 14.2 Å². The van der Waals surface area contributed by atoms with Crippen molar-refractivity contribution in [3.63, 3.8) is 0 Å². The van der Waals surface area contributed by atoms with E-state index < -0.39 is 0 Å². The molecule has 41 heavy (non-hydrogen) atoms. The van der Waals surface area contributed by atoms with Crippen LogP contribution in [0.1, 0.15) is 6.92 Å². The highest BCUT2D eigenvalue weighted by Gasteiger charge is 2.09. The van der Waals surface area contributed by atoms with Gasteiger partial charge in [0.1, 0.15) is 28.5 Å². The highest BCUT2D eigenvalue weighted by molar-refractivity contribution is 5.68. The third-order valence-corrected chi connectivity index (χ3v) is 6.61. The van der Waals surface area contributed by atoms with Gasteiger partial charge in [-0.1, -0.05) is 0 Å². The maximum absolute atomic E-state index is 5.45. The molecule has 0 spiro atoms. The second kappa shape index (κ2) is 12.3. The topological polar surface area (TPSA) is 86.4 Å². The number of hydrogen-bond donors (Lipinski definition) is 2. The van der Waals surface area contributed by atoms with Crippen LogP contribution >= 0.6 is 0 Å². The molecule has 0 aliphatic heterocycles. The minimum absolute atomic E-state index is 0.681. The smallest absolute Gasteiger partial charge is 0.139 e. The predicted octanol–water partition coefficient (Wildman–Crippen LogP) is 6.50. The fraction of sp³-hybridized carbons (Fsp3) is 0.188. The Bertz CT molecular complexity index is 1740. The molecular formula is C32H34N6O3. The van der Waals surface area contributed by atoms with Crippen LogP contribution in [0.2, 0.25) is 0 Å². The molecule has 0 aliphatic carbocycles. The van der Waals surface area contributed by atoms with Gasteiger partial charge in [0.05, 0.1) is 32.2 Å². The fourth-order valence-corrected chi connectivity index (χ4v) is 4.40. The van der Waals surface area contributed by atoms with Crippen molar-refractivity contribution in [1.29, 1.82) is 0 Å². The van der Waals surface area contributed by atoms with Gasteiger partial charge >= 0.3 is 0 Å². The highest BCUT2D eigenvalue weighted by atomic mass is 16.5. The molecule has 9 nitrogen and oxygen atoms in total. The van der Waals surface area contributed by atoms with E-state index in [1.54, 1.807) is 14.2 Å². The number of hydrogen-bond acceptors (Lipinski definition) is 7. The molecule has 210 valence electrons. The molecule has 6 aromatic rings. The quantitative estimate of drug-likeness (QED) is 0.224. The Balaban J connectivity index is 0.000000165. The normalized spacial score (nSPS) is 10.7. The largest absolute Gasteiger partial charge is 0.497 e. The maximum atomic E-state index is 5.45. The summed E-state index contributed by atoms with van der Waals surface area (Å²) in [6, 6.07) is 21.8. The molecule has 0 atom stereocenters. The first kappa shape index (κ1) is 27.4. The third kappa shape index (κ3) is 6.19. The zero-order valence-corrected chi connectivity index (χ0v) is 23.9. The van der Waals surface area contributed by atoms with Gasteiger partial charge in [-0.3, -0.25) is 0 Å². The standard InChI is InChI=1S/C16H17N3O2.C16H17N3O/c1-17-12-4-5-19-10-15(18-16(19)8-12)11-6-13(20-2)9-14(7-11)21-3;1-3-20-14-6-4-12(5-7-14)15-11-19-9-8-13(17-2)10-16(19)18-15/h4-10,17H,1-3H3;4-11,17H,3H2,1-2H3. The molecule has 0 saturated carbocycles. The van der Waals surface area contributed by atoms with Gasteiger partial charge in [-0.25, -0.2) is 9.97 Å². The van der Waals surface area contributed by atoms with Crippen LogP contribution in [0.3, 0.4) is 0 Å². The van der Waals surface area contributed by atoms with E-state index >= 15 is 0 Å². The van der Waals surface area contributed by atoms with Gasteiger partial charge < -0.3 is 33.6 Å². The summed E-state index contributed by atoms with van der Waals surface area (Å²) in [6.45, 7) is 2.66. The van der Waals surface area contributed by atoms with Crippen molar-refractivity contribution in [2.45, 2.75) is 6.92 Å². The summed E-state index contributed by atoms with van der Waals surface area (Å²) in [5.41, 5.74) is 7.79. The lowest BCUT2D eigenvalue weighted by atomic mass is 10.1. The lowest BCUT2D eigenvalue weighted by Gasteiger charge is -2.06. The number of fused-ring (bicyclic) bond motifs is 2. The first-order valence-corrected chi connectivity index (χ1v) is 13.3. The van der Waals surface area contributed by atoms with Crippen LogP contribution in [0, 0.1) is 0 Å². The Hall–Kier alpha value is -5.18. The van der Waals surface area contributed by atoms with E-state index in [1.165, 1.54) is 0 Å². The summed E-state index contributed by atoms with van der Waals surface area (Å²) < 4.78 is 20.1. The van der Waals surface area contributed by atoms with Gasteiger partial charge in [0.15, 0.2) is 0 Å². The van der Waals surface area contributed by atoms with Crippen molar-refractivity contribution < 1.29 is 14.2 Å². The Morgan fingerprint density at radius 3 is 1.61 bits per heavy atom. The monoisotopic (exact) mass is 550 g/mol. The van der Waals surface area contributed by atoms with Crippen molar-refractivity contribution in [1.82, 2.24) is 18.8 Å². The Labute approximate surface area is 239 Å². The van der Waals surface area contributed by atoms with Crippen molar-refractivity contribution >= 4 is 22.7 Å². The van der Waals surface area contributed by atoms with E-state index in [-0.39, 0.29) is 0 Å². The molecule has 0 fully saturated rings.